The van der Waals surface area contributed by atoms with Gasteiger partial charge in [0.05, 0.1) is 0 Å². The second-order valence-electron chi connectivity index (χ2n) is 7.13. The molecule has 0 unspecified atom stereocenters. The van der Waals surface area contributed by atoms with Crippen molar-refractivity contribution in [3.63, 3.8) is 0 Å². The number of nitrogens with zero attached hydrogens (tertiary/aromatic N) is 2. The molecule has 2 N–H and O–H groups in total. The van der Waals surface area contributed by atoms with Crippen LogP contribution in [-0.2, 0) is 6.54 Å². The van der Waals surface area contributed by atoms with E-state index in [1.165, 1.54) is 5.56 Å². The van der Waals surface area contributed by atoms with Crippen molar-refractivity contribution in [2.75, 3.05) is 26.2 Å². The fourth-order valence-corrected chi connectivity index (χ4v) is 4.53. The van der Waals surface area contributed by atoms with Crippen molar-refractivity contribution < 1.29 is 9.59 Å². The summed E-state index contributed by atoms with van der Waals surface area (Å²) in [5, 5.41) is 5.78. The molecule has 28 heavy (non-hydrogen) atoms. The van der Waals surface area contributed by atoms with Crippen LogP contribution in [0.2, 0.25) is 0 Å². The third kappa shape index (κ3) is 3.79. The van der Waals surface area contributed by atoms with Crippen molar-refractivity contribution in [1.29, 1.82) is 0 Å². The van der Waals surface area contributed by atoms with Crippen LogP contribution in [0.25, 0.3) is 10.8 Å². The van der Waals surface area contributed by atoms with Crippen molar-refractivity contribution in [1.82, 2.24) is 9.80 Å². The van der Waals surface area contributed by atoms with Gasteiger partial charge < -0.3 is 10.6 Å². The Morgan fingerprint density at radius 3 is 2.46 bits per heavy atom. The normalized spacial score (nSPS) is 15.5. The molecule has 1 aliphatic rings. The van der Waals surface area contributed by atoms with Gasteiger partial charge in [-0.05, 0) is 46.3 Å². The van der Waals surface area contributed by atoms with Gasteiger partial charge in [-0.15, -0.1) is 0 Å². The van der Waals surface area contributed by atoms with Crippen LogP contribution in [0.15, 0.2) is 53.2 Å². The minimum absolute atomic E-state index is 0.0308. The Hall–Kier alpha value is -2.70. The van der Waals surface area contributed by atoms with Gasteiger partial charge >= 0.3 is 0 Å². The molecule has 0 bridgehead atoms. The van der Waals surface area contributed by atoms with E-state index in [0.29, 0.717) is 29.6 Å². The molecule has 0 saturated carbocycles. The van der Waals surface area contributed by atoms with Crippen LogP contribution in [0, 0.1) is 0 Å². The number of rotatable bonds is 4. The minimum Gasteiger partial charge on any atom is -0.366 e. The summed E-state index contributed by atoms with van der Waals surface area (Å²) >= 11 is 1.71. The summed E-state index contributed by atoms with van der Waals surface area (Å²) in [6.07, 6.45) is 0.934. The quantitative estimate of drug-likeness (QED) is 0.739. The lowest BCUT2D eigenvalue weighted by atomic mass is 9.98. The van der Waals surface area contributed by atoms with E-state index in [2.05, 4.69) is 21.7 Å². The van der Waals surface area contributed by atoms with Gasteiger partial charge in [0.25, 0.3) is 5.91 Å². The number of benzene rings is 2. The zero-order valence-corrected chi connectivity index (χ0v) is 16.5. The SMILES string of the molecule is NC(=O)c1cccc2cccc(C(=O)N3CCCN(Cc4ccsc4)CC3)c12. The molecular formula is C22H23N3O2S. The number of carbonyl (C=O) groups excluding carboxylic acids is 2. The van der Waals surface area contributed by atoms with Gasteiger partial charge in [0.15, 0.2) is 0 Å². The van der Waals surface area contributed by atoms with Crippen molar-refractivity contribution >= 4 is 33.9 Å². The lowest BCUT2D eigenvalue weighted by Crippen LogP contribution is -2.35. The minimum atomic E-state index is -0.511. The number of amides is 2. The molecule has 2 amide bonds. The molecule has 4 rings (SSSR count). The Morgan fingerprint density at radius 1 is 0.964 bits per heavy atom. The molecule has 1 aliphatic heterocycles. The first-order valence-electron chi connectivity index (χ1n) is 9.48. The molecule has 0 atom stereocenters. The van der Waals surface area contributed by atoms with Gasteiger partial charge in [0, 0.05) is 49.2 Å². The molecule has 0 aliphatic carbocycles. The molecule has 6 heteroatoms. The summed E-state index contributed by atoms with van der Waals surface area (Å²) in [7, 11) is 0. The highest BCUT2D eigenvalue weighted by atomic mass is 32.1. The molecule has 1 saturated heterocycles. The number of nitrogens with two attached hydrogens (primary N) is 1. The molecular weight excluding hydrogens is 370 g/mol. The number of thiophene rings is 1. The molecule has 1 fully saturated rings. The number of hydrogen-bond acceptors (Lipinski definition) is 4. The Labute approximate surface area is 168 Å². The highest BCUT2D eigenvalue weighted by molar-refractivity contribution is 7.07. The first-order chi connectivity index (χ1) is 13.6. The molecule has 1 aromatic heterocycles. The van der Waals surface area contributed by atoms with E-state index in [1.807, 2.05) is 23.1 Å². The van der Waals surface area contributed by atoms with Gasteiger partial charge in [-0.25, -0.2) is 0 Å². The first-order valence-corrected chi connectivity index (χ1v) is 10.4. The molecule has 0 spiro atoms. The van der Waals surface area contributed by atoms with Crippen LogP contribution >= 0.6 is 11.3 Å². The maximum Gasteiger partial charge on any atom is 0.254 e. The summed E-state index contributed by atoms with van der Waals surface area (Å²) in [4.78, 5) is 29.5. The highest BCUT2D eigenvalue weighted by Gasteiger charge is 2.23. The van der Waals surface area contributed by atoms with Gasteiger partial charge in [-0.1, -0.05) is 24.3 Å². The van der Waals surface area contributed by atoms with Crippen LogP contribution in [0.1, 0.15) is 32.7 Å². The average Bonchev–Trinajstić information content (AvgIpc) is 3.10. The monoisotopic (exact) mass is 393 g/mol. The zero-order chi connectivity index (χ0) is 19.5. The lowest BCUT2D eigenvalue weighted by molar-refractivity contribution is 0.0763. The van der Waals surface area contributed by atoms with Gasteiger partial charge in [-0.3, -0.25) is 14.5 Å². The van der Waals surface area contributed by atoms with Crippen molar-refractivity contribution in [2.24, 2.45) is 5.73 Å². The third-order valence-electron chi connectivity index (χ3n) is 5.26. The Morgan fingerprint density at radius 2 is 1.75 bits per heavy atom. The maximum atomic E-state index is 13.3. The van der Waals surface area contributed by atoms with Crippen LogP contribution in [0.5, 0.6) is 0 Å². The van der Waals surface area contributed by atoms with Crippen molar-refractivity contribution in [3.8, 4) is 0 Å². The number of hydrogen-bond donors (Lipinski definition) is 1. The van der Waals surface area contributed by atoms with E-state index in [1.54, 1.807) is 29.5 Å². The second kappa shape index (κ2) is 8.12. The smallest absolute Gasteiger partial charge is 0.254 e. The van der Waals surface area contributed by atoms with Crippen LogP contribution in [0.4, 0.5) is 0 Å². The van der Waals surface area contributed by atoms with E-state index in [9.17, 15) is 9.59 Å². The number of carbonyl (C=O) groups is 2. The van der Waals surface area contributed by atoms with Gasteiger partial charge in [-0.2, -0.15) is 11.3 Å². The first kappa shape index (κ1) is 18.7. The topological polar surface area (TPSA) is 66.6 Å². The zero-order valence-electron chi connectivity index (χ0n) is 15.6. The molecule has 0 radical (unpaired) electrons. The largest absolute Gasteiger partial charge is 0.366 e. The summed E-state index contributed by atoms with van der Waals surface area (Å²) in [5.41, 5.74) is 7.84. The molecule has 2 heterocycles. The molecule has 144 valence electrons. The second-order valence-corrected chi connectivity index (χ2v) is 7.91. The number of fused-ring (bicyclic) bond motifs is 1. The predicted molar refractivity (Wildman–Crippen MR) is 113 cm³/mol. The average molecular weight is 394 g/mol. The van der Waals surface area contributed by atoms with Crippen molar-refractivity contribution in [2.45, 2.75) is 13.0 Å². The molecule has 2 aromatic carbocycles. The molecule has 5 nitrogen and oxygen atoms in total. The van der Waals surface area contributed by atoms with Crippen LogP contribution in [0.3, 0.4) is 0 Å². The van der Waals surface area contributed by atoms with E-state index in [4.69, 9.17) is 5.73 Å². The Balaban J connectivity index is 1.57. The predicted octanol–water partition coefficient (Wildman–Crippen LogP) is 3.35. The number of primary amides is 1. The fraction of sp³-hybridized carbons (Fsp3) is 0.273. The summed E-state index contributed by atoms with van der Waals surface area (Å²) in [6.45, 7) is 4.13. The van der Waals surface area contributed by atoms with E-state index >= 15 is 0 Å². The van der Waals surface area contributed by atoms with Gasteiger partial charge in [0.1, 0.15) is 0 Å². The van der Waals surface area contributed by atoms with Gasteiger partial charge in [0.2, 0.25) is 5.91 Å². The highest BCUT2D eigenvalue weighted by Crippen LogP contribution is 2.25. The molecule has 3 aromatic rings. The van der Waals surface area contributed by atoms with E-state index < -0.39 is 5.91 Å². The van der Waals surface area contributed by atoms with Crippen LogP contribution < -0.4 is 5.73 Å². The van der Waals surface area contributed by atoms with E-state index in [0.717, 1.165) is 31.4 Å². The fourth-order valence-electron chi connectivity index (χ4n) is 3.87. The standard InChI is InChI=1S/C22H23N3O2S/c23-21(26)18-6-1-4-17-5-2-7-19(20(17)18)22(27)25-10-3-9-24(11-12-25)14-16-8-13-28-15-16/h1-2,4-8,13,15H,3,9-12,14H2,(H2,23,26). The summed E-state index contributed by atoms with van der Waals surface area (Å²) in [5.74, 6) is -0.541. The van der Waals surface area contributed by atoms with Crippen molar-refractivity contribution in [3.05, 3.63) is 69.9 Å². The summed E-state index contributed by atoms with van der Waals surface area (Å²) in [6, 6.07) is 13.1. The van der Waals surface area contributed by atoms with E-state index in [-0.39, 0.29) is 5.91 Å². The summed E-state index contributed by atoms with van der Waals surface area (Å²) < 4.78 is 0. The van der Waals surface area contributed by atoms with Crippen LogP contribution in [-0.4, -0.2) is 47.8 Å². The maximum absolute atomic E-state index is 13.3. The lowest BCUT2D eigenvalue weighted by Gasteiger charge is -2.23. The third-order valence-corrected chi connectivity index (χ3v) is 5.99. The Kier molecular flexibility index (Phi) is 5.41. The Bertz CT molecular complexity index is 995.